The predicted octanol–water partition coefficient (Wildman–Crippen LogP) is 3.02. The molecule has 0 saturated carbocycles. The lowest BCUT2D eigenvalue weighted by molar-refractivity contribution is -0.126. The van der Waals surface area contributed by atoms with Gasteiger partial charge in [0.1, 0.15) is 19.0 Å². The molecule has 2 heterocycles. The summed E-state index contributed by atoms with van der Waals surface area (Å²) in [5.41, 5.74) is 1.06. The molecule has 0 radical (unpaired) electrons. The molecule has 0 unspecified atom stereocenters. The fraction of sp³-hybridized carbons (Fsp3) is 0.435. The lowest BCUT2D eigenvalue weighted by atomic mass is 9.96. The number of nitrogens with one attached hydrogen (secondary N) is 1. The van der Waals surface area contributed by atoms with Crippen LogP contribution in [0.3, 0.4) is 0 Å². The molecule has 1 saturated heterocycles. The highest BCUT2D eigenvalue weighted by Gasteiger charge is 2.32. The highest BCUT2D eigenvalue weighted by molar-refractivity contribution is 7.88. The van der Waals surface area contributed by atoms with Crippen molar-refractivity contribution in [3.63, 3.8) is 0 Å². The van der Waals surface area contributed by atoms with Crippen LogP contribution in [0.25, 0.3) is 0 Å². The Labute approximate surface area is 187 Å². The van der Waals surface area contributed by atoms with Crippen LogP contribution < -0.4 is 14.8 Å². The standard InChI is InChI=1S/C23H27FN2O5S/c1-16(18-6-7-21-22(14-18)31-13-12-30-21)25-23(27)17-8-10-26(11-9-17)32(28,29)15-19-4-2-3-5-20(19)24/h2-7,14,16-17H,8-13,15H2,1H3,(H,25,27)/t16-/m0/s1. The number of piperidine rings is 1. The van der Waals surface area contributed by atoms with Gasteiger partial charge in [-0.2, -0.15) is 0 Å². The Bertz CT molecular complexity index is 1080. The van der Waals surface area contributed by atoms with Crippen LogP contribution in [0.4, 0.5) is 4.39 Å². The Morgan fingerprint density at radius 2 is 1.81 bits per heavy atom. The van der Waals surface area contributed by atoms with E-state index in [1.165, 1.54) is 22.5 Å². The van der Waals surface area contributed by atoms with E-state index in [4.69, 9.17) is 9.47 Å². The second-order valence-electron chi connectivity index (χ2n) is 8.15. The average Bonchev–Trinajstić information content (AvgIpc) is 2.80. The van der Waals surface area contributed by atoms with Crippen molar-refractivity contribution in [3.05, 3.63) is 59.4 Å². The summed E-state index contributed by atoms with van der Waals surface area (Å²) in [6.45, 7) is 3.40. The van der Waals surface area contributed by atoms with Gasteiger partial charge in [0, 0.05) is 24.6 Å². The minimum Gasteiger partial charge on any atom is -0.486 e. The summed E-state index contributed by atoms with van der Waals surface area (Å²) in [4.78, 5) is 12.8. The third-order valence-corrected chi connectivity index (χ3v) is 7.77. The summed E-state index contributed by atoms with van der Waals surface area (Å²) in [7, 11) is -3.65. The maximum Gasteiger partial charge on any atom is 0.223 e. The van der Waals surface area contributed by atoms with Gasteiger partial charge in [-0.05, 0) is 43.5 Å². The largest absolute Gasteiger partial charge is 0.486 e. The topological polar surface area (TPSA) is 84.9 Å². The first-order valence-corrected chi connectivity index (χ1v) is 12.4. The van der Waals surface area contributed by atoms with E-state index in [0.717, 1.165) is 5.56 Å². The molecule has 172 valence electrons. The van der Waals surface area contributed by atoms with Gasteiger partial charge in [-0.3, -0.25) is 4.79 Å². The first-order chi connectivity index (χ1) is 15.3. The molecule has 2 aromatic rings. The van der Waals surface area contributed by atoms with E-state index in [-0.39, 0.29) is 42.3 Å². The normalized spacial score (nSPS) is 18.2. The van der Waals surface area contributed by atoms with Gasteiger partial charge in [-0.25, -0.2) is 17.1 Å². The van der Waals surface area contributed by atoms with E-state index < -0.39 is 15.8 Å². The maximum absolute atomic E-state index is 13.9. The number of carbonyl (C=O) groups excluding carboxylic acids is 1. The third-order valence-electron chi connectivity index (χ3n) is 5.94. The number of sulfonamides is 1. The molecular formula is C23H27FN2O5S. The predicted molar refractivity (Wildman–Crippen MR) is 117 cm³/mol. The summed E-state index contributed by atoms with van der Waals surface area (Å²) in [5, 5.41) is 3.02. The quantitative estimate of drug-likeness (QED) is 0.713. The summed E-state index contributed by atoms with van der Waals surface area (Å²) in [6.07, 6.45) is 0.854. The van der Waals surface area contributed by atoms with Gasteiger partial charge in [-0.15, -0.1) is 0 Å². The van der Waals surface area contributed by atoms with Gasteiger partial charge in [-0.1, -0.05) is 24.3 Å². The van der Waals surface area contributed by atoms with Crippen molar-refractivity contribution >= 4 is 15.9 Å². The fourth-order valence-electron chi connectivity index (χ4n) is 4.04. The van der Waals surface area contributed by atoms with E-state index in [9.17, 15) is 17.6 Å². The Morgan fingerprint density at radius 3 is 2.53 bits per heavy atom. The zero-order valence-corrected chi connectivity index (χ0v) is 18.7. The lowest BCUT2D eigenvalue weighted by Crippen LogP contribution is -2.43. The van der Waals surface area contributed by atoms with Crippen molar-refractivity contribution in [3.8, 4) is 11.5 Å². The molecule has 32 heavy (non-hydrogen) atoms. The van der Waals surface area contributed by atoms with E-state index >= 15 is 0 Å². The van der Waals surface area contributed by atoms with Crippen LogP contribution in [0.15, 0.2) is 42.5 Å². The van der Waals surface area contributed by atoms with E-state index in [1.54, 1.807) is 6.07 Å². The van der Waals surface area contributed by atoms with Crippen LogP contribution in [-0.4, -0.2) is 44.9 Å². The van der Waals surface area contributed by atoms with Crippen molar-refractivity contribution in [2.45, 2.75) is 31.6 Å². The van der Waals surface area contributed by atoms with Crippen LogP contribution in [0, 0.1) is 11.7 Å². The number of fused-ring (bicyclic) bond motifs is 1. The SMILES string of the molecule is C[C@H](NC(=O)C1CCN(S(=O)(=O)Cc2ccccc2F)CC1)c1ccc2c(c1)OCCO2. The number of hydrogen-bond donors (Lipinski definition) is 1. The number of amides is 1. The molecule has 0 spiro atoms. The molecule has 4 rings (SSSR count). The van der Waals surface area contributed by atoms with Crippen LogP contribution in [0.1, 0.15) is 36.9 Å². The first-order valence-electron chi connectivity index (χ1n) is 10.7. The van der Waals surface area contributed by atoms with Gasteiger partial charge < -0.3 is 14.8 Å². The lowest BCUT2D eigenvalue weighted by Gasteiger charge is -2.31. The molecule has 1 atom stereocenters. The van der Waals surface area contributed by atoms with Crippen molar-refractivity contribution in [2.24, 2.45) is 5.92 Å². The molecule has 0 aromatic heterocycles. The van der Waals surface area contributed by atoms with Crippen LogP contribution in [0.2, 0.25) is 0 Å². The zero-order valence-electron chi connectivity index (χ0n) is 17.9. The van der Waals surface area contributed by atoms with Gasteiger partial charge in [0.2, 0.25) is 15.9 Å². The first kappa shape index (κ1) is 22.5. The molecule has 7 nitrogen and oxygen atoms in total. The highest BCUT2D eigenvalue weighted by Crippen LogP contribution is 2.33. The summed E-state index contributed by atoms with van der Waals surface area (Å²) in [5.74, 6) is 0.0924. The van der Waals surface area contributed by atoms with Crippen molar-refractivity contribution in [1.82, 2.24) is 9.62 Å². The van der Waals surface area contributed by atoms with Crippen LogP contribution in [0.5, 0.6) is 11.5 Å². The molecule has 2 aliphatic heterocycles. The van der Waals surface area contributed by atoms with Crippen LogP contribution in [-0.2, 0) is 20.6 Å². The van der Waals surface area contributed by atoms with Gasteiger partial charge in [0.25, 0.3) is 0 Å². The van der Waals surface area contributed by atoms with Crippen molar-refractivity contribution in [1.29, 1.82) is 0 Å². The van der Waals surface area contributed by atoms with Gasteiger partial charge >= 0.3 is 0 Å². The molecule has 2 aromatic carbocycles. The number of ether oxygens (including phenoxy) is 2. The van der Waals surface area contributed by atoms with Crippen molar-refractivity contribution in [2.75, 3.05) is 26.3 Å². The van der Waals surface area contributed by atoms with Gasteiger partial charge in [0.05, 0.1) is 11.8 Å². The maximum atomic E-state index is 13.9. The number of halogens is 1. The van der Waals surface area contributed by atoms with E-state index in [0.29, 0.717) is 37.6 Å². The van der Waals surface area contributed by atoms with E-state index in [1.807, 2.05) is 25.1 Å². The van der Waals surface area contributed by atoms with Crippen LogP contribution >= 0.6 is 0 Å². The smallest absolute Gasteiger partial charge is 0.223 e. The number of hydrogen-bond acceptors (Lipinski definition) is 5. The molecule has 0 bridgehead atoms. The second-order valence-corrected chi connectivity index (χ2v) is 10.1. The summed E-state index contributed by atoms with van der Waals surface area (Å²) in [6, 6.07) is 11.3. The fourth-order valence-corrected chi connectivity index (χ4v) is 5.62. The zero-order chi connectivity index (χ0) is 22.7. The molecule has 9 heteroatoms. The molecule has 1 N–H and O–H groups in total. The number of rotatable bonds is 6. The highest BCUT2D eigenvalue weighted by atomic mass is 32.2. The Balaban J connectivity index is 1.32. The number of nitrogens with zero attached hydrogens (tertiary/aromatic N) is 1. The minimum absolute atomic E-state index is 0.0986. The van der Waals surface area contributed by atoms with Crippen molar-refractivity contribution < 1.29 is 27.1 Å². The second kappa shape index (κ2) is 9.46. The summed E-state index contributed by atoms with van der Waals surface area (Å²) < 4.78 is 51.7. The monoisotopic (exact) mass is 462 g/mol. The number of carbonyl (C=O) groups is 1. The molecular weight excluding hydrogens is 435 g/mol. The molecule has 0 aliphatic carbocycles. The van der Waals surface area contributed by atoms with E-state index in [2.05, 4.69) is 5.32 Å². The number of benzene rings is 2. The summed E-state index contributed by atoms with van der Waals surface area (Å²) >= 11 is 0. The Morgan fingerprint density at radius 1 is 1.12 bits per heavy atom. The Kier molecular flexibility index (Phi) is 6.66. The molecule has 1 amide bonds. The average molecular weight is 463 g/mol. The molecule has 1 fully saturated rings. The molecule has 2 aliphatic rings. The third kappa shape index (κ3) is 5.05. The van der Waals surface area contributed by atoms with Gasteiger partial charge in [0.15, 0.2) is 11.5 Å². The minimum atomic E-state index is -3.65. The Hall–Kier alpha value is -2.65.